The van der Waals surface area contributed by atoms with Crippen LogP contribution < -0.4 is 11.1 Å². The third-order valence-electron chi connectivity index (χ3n) is 6.08. The molecule has 0 radical (unpaired) electrons. The van der Waals surface area contributed by atoms with Crippen molar-refractivity contribution in [3.8, 4) is 11.3 Å². The van der Waals surface area contributed by atoms with Crippen LogP contribution in [0, 0.1) is 11.6 Å². The third kappa shape index (κ3) is 4.80. The molecule has 0 spiro atoms. The van der Waals surface area contributed by atoms with Gasteiger partial charge >= 0.3 is 0 Å². The Balaban J connectivity index is 1.47. The molecule has 36 heavy (non-hydrogen) atoms. The van der Waals surface area contributed by atoms with Crippen LogP contribution in [0.2, 0.25) is 10.0 Å². The van der Waals surface area contributed by atoms with Crippen molar-refractivity contribution in [1.82, 2.24) is 14.5 Å². The number of hydrogen-bond acceptors (Lipinski definition) is 4. The Morgan fingerprint density at radius 2 is 1.72 bits per heavy atom. The Morgan fingerprint density at radius 3 is 2.42 bits per heavy atom. The number of anilines is 2. The summed E-state index contributed by atoms with van der Waals surface area (Å²) in [5.41, 5.74) is 8.62. The van der Waals surface area contributed by atoms with E-state index in [4.69, 9.17) is 33.9 Å². The predicted molar refractivity (Wildman–Crippen MR) is 136 cm³/mol. The lowest BCUT2D eigenvalue weighted by atomic mass is 10.1. The first-order valence-corrected chi connectivity index (χ1v) is 11.9. The number of nitrogens with zero attached hydrogens (tertiary/aromatic N) is 3. The van der Waals surface area contributed by atoms with Crippen molar-refractivity contribution in [2.45, 2.75) is 19.1 Å². The minimum Gasteiger partial charge on any atom is -0.340 e. The Hall–Kier alpha value is -3.46. The molecular formula is C26H21Cl2F2N5O. The van der Waals surface area contributed by atoms with Crippen LogP contribution in [0.1, 0.15) is 17.4 Å². The van der Waals surface area contributed by atoms with E-state index in [1.54, 1.807) is 47.4 Å². The molecule has 10 heteroatoms. The molecule has 6 nitrogen and oxygen atoms in total. The molecule has 1 unspecified atom stereocenters. The summed E-state index contributed by atoms with van der Waals surface area (Å²) in [6.45, 7) is 1.06. The molecule has 3 N–H and O–H groups in total. The van der Waals surface area contributed by atoms with Gasteiger partial charge in [-0.15, -0.1) is 0 Å². The minimum atomic E-state index is -0.838. The van der Waals surface area contributed by atoms with E-state index >= 15 is 0 Å². The van der Waals surface area contributed by atoms with Gasteiger partial charge in [-0.3, -0.25) is 4.79 Å². The van der Waals surface area contributed by atoms with Gasteiger partial charge in [-0.25, -0.2) is 13.8 Å². The predicted octanol–water partition coefficient (Wildman–Crippen LogP) is 5.92. The van der Waals surface area contributed by atoms with Crippen molar-refractivity contribution in [2.75, 3.05) is 11.9 Å². The first-order valence-electron chi connectivity index (χ1n) is 11.2. The lowest BCUT2D eigenvalue weighted by Crippen LogP contribution is -2.43. The monoisotopic (exact) mass is 527 g/mol. The molecule has 184 valence electrons. The van der Waals surface area contributed by atoms with Gasteiger partial charge in [0.15, 0.2) is 0 Å². The molecule has 0 bridgehead atoms. The van der Waals surface area contributed by atoms with E-state index in [2.05, 4.69) is 5.32 Å². The van der Waals surface area contributed by atoms with E-state index in [9.17, 15) is 13.6 Å². The van der Waals surface area contributed by atoms with Gasteiger partial charge in [0.05, 0.1) is 11.6 Å². The zero-order valence-corrected chi connectivity index (χ0v) is 20.4. The Bertz CT molecular complexity index is 1420. The van der Waals surface area contributed by atoms with E-state index in [1.165, 1.54) is 24.3 Å². The quantitative estimate of drug-likeness (QED) is 0.337. The van der Waals surface area contributed by atoms with Crippen LogP contribution in [-0.2, 0) is 17.9 Å². The molecule has 0 aliphatic carbocycles. The summed E-state index contributed by atoms with van der Waals surface area (Å²) in [7, 11) is 0. The summed E-state index contributed by atoms with van der Waals surface area (Å²) in [6.07, 6.45) is 0. The van der Waals surface area contributed by atoms with E-state index in [-0.39, 0.29) is 23.3 Å². The van der Waals surface area contributed by atoms with E-state index in [0.29, 0.717) is 52.3 Å². The maximum absolute atomic E-state index is 14.1. The first kappa shape index (κ1) is 24.2. The molecule has 1 amide bonds. The Morgan fingerprint density at radius 1 is 1.00 bits per heavy atom. The van der Waals surface area contributed by atoms with Gasteiger partial charge in [0, 0.05) is 29.4 Å². The Kier molecular flexibility index (Phi) is 6.66. The number of nitrogens with two attached hydrogens (primary N) is 1. The number of aromatic nitrogens is 2. The van der Waals surface area contributed by atoms with Gasteiger partial charge in [0.25, 0.3) is 0 Å². The second-order valence-corrected chi connectivity index (χ2v) is 9.27. The van der Waals surface area contributed by atoms with Crippen LogP contribution in [0.25, 0.3) is 11.3 Å². The Labute approximate surface area is 216 Å². The zero-order valence-electron chi connectivity index (χ0n) is 18.9. The molecule has 4 aromatic rings. The van der Waals surface area contributed by atoms with E-state index in [0.717, 1.165) is 0 Å². The molecule has 1 aliphatic heterocycles. The first-order chi connectivity index (χ1) is 17.3. The number of nitrogens with one attached hydrogen (secondary N) is 1. The number of rotatable bonds is 5. The lowest BCUT2D eigenvalue weighted by Gasteiger charge is -2.30. The molecule has 0 saturated heterocycles. The molecule has 3 aromatic carbocycles. The van der Waals surface area contributed by atoms with E-state index in [1.807, 2.05) is 4.57 Å². The largest absolute Gasteiger partial charge is 0.340 e. The zero-order chi connectivity index (χ0) is 25.4. The average molecular weight is 528 g/mol. The summed E-state index contributed by atoms with van der Waals surface area (Å²) in [4.78, 5) is 19.6. The smallest absolute Gasteiger partial charge is 0.244 e. The van der Waals surface area contributed by atoms with Crippen LogP contribution in [0.3, 0.4) is 0 Å². The standard InChI is InChI=1S/C26H21Cl2F2N5O/c27-17-5-1-15(2-6-17)23(31)26(36)34-11-12-35-22(14-34)33-24(16-3-7-18(29)8-4-16)25(35)32-19-9-10-20(28)21(30)13-19/h1-10,13,23,32H,11-12,14,31H2. The summed E-state index contributed by atoms with van der Waals surface area (Å²) in [6, 6.07) is 16.4. The molecule has 0 fully saturated rings. The third-order valence-corrected chi connectivity index (χ3v) is 6.64. The number of hydrogen-bond donors (Lipinski definition) is 2. The molecule has 1 atom stereocenters. The number of carbonyl (C=O) groups is 1. The highest BCUT2D eigenvalue weighted by Crippen LogP contribution is 2.34. The molecule has 0 saturated carbocycles. The van der Waals surface area contributed by atoms with Crippen LogP contribution in [-0.4, -0.2) is 26.9 Å². The van der Waals surface area contributed by atoms with Gasteiger partial charge in [0.2, 0.25) is 5.91 Å². The van der Waals surface area contributed by atoms with Crippen LogP contribution in [0.4, 0.5) is 20.3 Å². The van der Waals surface area contributed by atoms with Gasteiger partial charge in [0.1, 0.15) is 35.0 Å². The summed E-state index contributed by atoms with van der Waals surface area (Å²) in [5.74, 6) is 0.0621. The minimum absolute atomic E-state index is 0.0146. The number of amides is 1. The second kappa shape index (κ2) is 9.89. The highest BCUT2D eigenvalue weighted by molar-refractivity contribution is 6.31. The van der Waals surface area contributed by atoms with Crippen molar-refractivity contribution in [1.29, 1.82) is 0 Å². The van der Waals surface area contributed by atoms with Gasteiger partial charge in [-0.2, -0.15) is 0 Å². The number of fused-ring (bicyclic) bond motifs is 1. The maximum Gasteiger partial charge on any atom is 0.244 e. The fourth-order valence-corrected chi connectivity index (χ4v) is 4.42. The van der Waals surface area contributed by atoms with Gasteiger partial charge in [-0.05, 0) is 60.2 Å². The van der Waals surface area contributed by atoms with Crippen LogP contribution in [0.15, 0.2) is 66.7 Å². The molecule has 1 aliphatic rings. The molecule has 2 heterocycles. The fraction of sp³-hybridized carbons (Fsp3) is 0.154. The van der Waals surface area contributed by atoms with Crippen molar-refractivity contribution in [3.05, 3.63) is 99.8 Å². The van der Waals surface area contributed by atoms with Crippen molar-refractivity contribution in [3.63, 3.8) is 0 Å². The van der Waals surface area contributed by atoms with Crippen molar-refractivity contribution in [2.24, 2.45) is 5.73 Å². The maximum atomic E-state index is 14.1. The molecular weight excluding hydrogens is 507 g/mol. The topological polar surface area (TPSA) is 76.2 Å². The van der Waals surface area contributed by atoms with Crippen molar-refractivity contribution < 1.29 is 13.6 Å². The van der Waals surface area contributed by atoms with Crippen molar-refractivity contribution >= 4 is 40.6 Å². The SMILES string of the molecule is NC(C(=O)N1CCn2c(nc(-c3ccc(F)cc3)c2Nc2ccc(Cl)c(F)c2)C1)c1ccc(Cl)cc1. The van der Waals surface area contributed by atoms with Gasteiger partial charge in [-0.1, -0.05) is 35.3 Å². The second-order valence-electron chi connectivity index (χ2n) is 8.43. The highest BCUT2D eigenvalue weighted by Gasteiger charge is 2.30. The average Bonchev–Trinajstić information content (AvgIpc) is 3.23. The van der Waals surface area contributed by atoms with Gasteiger partial charge < -0.3 is 20.5 Å². The lowest BCUT2D eigenvalue weighted by molar-refractivity contribution is -0.134. The highest BCUT2D eigenvalue weighted by atomic mass is 35.5. The number of imidazole rings is 1. The molecule has 5 rings (SSSR count). The summed E-state index contributed by atoms with van der Waals surface area (Å²) >= 11 is 11.8. The molecule has 1 aromatic heterocycles. The summed E-state index contributed by atoms with van der Waals surface area (Å²) < 4.78 is 29.6. The van der Waals surface area contributed by atoms with Crippen LogP contribution >= 0.6 is 23.2 Å². The number of benzene rings is 3. The number of halogens is 4. The van der Waals surface area contributed by atoms with E-state index < -0.39 is 11.9 Å². The summed E-state index contributed by atoms with van der Waals surface area (Å²) in [5, 5.41) is 3.80. The fourth-order valence-electron chi connectivity index (χ4n) is 4.18. The normalized spacial score (nSPS) is 13.9. The van der Waals surface area contributed by atoms with Crippen LogP contribution in [0.5, 0.6) is 0 Å². The number of carbonyl (C=O) groups excluding carboxylic acids is 1.